The molecule has 0 heterocycles. The Kier molecular flexibility index (Phi) is 8.40. The molecule has 0 aliphatic rings. The van der Waals surface area contributed by atoms with Gasteiger partial charge in [-0.1, -0.05) is 28.5 Å². The van der Waals surface area contributed by atoms with E-state index in [0.717, 1.165) is 24.5 Å². The van der Waals surface area contributed by atoms with Gasteiger partial charge >= 0.3 is 0 Å². The molecule has 0 rings (SSSR count). The van der Waals surface area contributed by atoms with Gasteiger partial charge in [-0.3, -0.25) is 4.79 Å². The van der Waals surface area contributed by atoms with Crippen LogP contribution in [0.4, 0.5) is 0 Å². The van der Waals surface area contributed by atoms with Gasteiger partial charge < -0.3 is 5.32 Å². The zero-order chi connectivity index (χ0) is 8.53. The molecule has 66 valence electrons. The summed E-state index contributed by atoms with van der Waals surface area (Å²) in [6, 6.07) is 0. The third-order valence-corrected chi connectivity index (χ3v) is 3.54. The van der Waals surface area contributed by atoms with Crippen LogP contribution in [0.3, 0.4) is 0 Å². The van der Waals surface area contributed by atoms with E-state index in [2.05, 4.69) is 12.2 Å². The summed E-state index contributed by atoms with van der Waals surface area (Å²) in [5.41, 5.74) is 0. The zero-order valence-corrected chi connectivity index (χ0v) is 8.69. The van der Waals surface area contributed by atoms with Gasteiger partial charge in [0.2, 0.25) is 5.91 Å². The number of nitrogens with one attached hydrogen (secondary N) is 1. The van der Waals surface area contributed by atoms with E-state index in [1.54, 1.807) is 6.92 Å². The minimum atomic E-state index is 0.0677. The van der Waals surface area contributed by atoms with Crippen molar-refractivity contribution in [2.75, 3.05) is 18.1 Å². The van der Waals surface area contributed by atoms with Gasteiger partial charge in [-0.2, -0.15) is 0 Å². The first-order valence-corrected chi connectivity index (χ1v) is 6.25. The van der Waals surface area contributed by atoms with Crippen molar-refractivity contribution in [1.82, 2.24) is 5.32 Å². The van der Waals surface area contributed by atoms with Crippen molar-refractivity contribution in [1.29, 1.82) is 0 Å². The summed E-state index contributed by atoms with van der Waals surface area (Å²) in [6.45, 7) is 4.51. The van der Waals surface area contributed by atoms with E-state index < -0.39 is 0 Å². The maximum Gasteiger partial charge on any atom is 0.216 e. The predicted octanol–water partition coefficient (Wildman–Crippen LogP) is 1.91. The highest BCUT2D eigenvalue weighted by molar-refractivity contribution is 8.76. The van der Waals surface area contributed by atoms with Gasteiger partial charge in [0.1, 0.15) is 0 Å². The molecule has 0 fully saturated rings. The second kappa shape index (κ2) is 8.27. The molecule has 0 atom stereocenters. The number of hydrogen-bond donors (Lipinski definition) is 1. The average Bonchev–Trinajstić information content (AvgIpc) is 1.96. The van der Waals surface area contributed by atoms with Gasteiger partial charge in [0, 0.05) is 25.0 Å². The Morgan fingerprint density at radius 3 is 2.73 bits per heavy atom. The van der Waals surface area contributed by atoms with Gasteiger partial charge in [-0.25, -0.2) is 0 Å². The highest BCUT2D eigenvalue weighted by Gasteiger charge is 1.90. The molecule has 0 bridgehead atoms. The maximum absolute atomic E-state index is 10.4. The number of carbonyl (C=O) groups is 1. The highest BCUT2D eigenvalue weighted by atomic mass is 33.1. The Labute approximate surface area is 76.3 Å². The first-order chi connectivity index (χ1) is 5.27. The minimum Gasteiger partial charge on any atom is -0.356 e. The monoisotopic (exact) mass is 193 g/mol. The third-order valence-electron chi connectivity index (χ3n) is 0.980. The van der Waals surface area contributed by atoms with Crippen molar-refractivity contribution in [3.8, 4) is 0 Å². The minimum absolute atomic E-state index is 0.0677. The molecular formula is C7H15NOS2. The molecular weight excluding hydrogens is 178 g/mol. The lowest BCUT2D eigenvalue weighted by Gasteiger charge is -2.00. The Bertz CT molecular complexity index is 109. The van der Waals surface area contributed by atoms with Gasteiger partial charge in [0.15, 0.2) is 0 Å². The molecule has 0 spiro atoms. The van der Waals surface area contributed by atoms with Crippen molar-refractivity contribution in [2.24, 2.45) is 0 Å². The molecule has 0 unspecified atom stereocenters. The van der Waals surface area contributed by atoms with Gasteiger partial charge in [-0.15, -0.1) is 0 Å². The Morgan fingerprint density at radius 1 is 1.45 bits per heavy atom. The molecule has 1 amide bonds. The molecule has 0 aliphatic carbocycles. The van der Waals surface area contributed by atoms with Gasteiger partial charge in [0.25, 0.3) is 0 Å². The van der Waals surface area contributed by atoms with Gasteiger partial charge in [-0.05, 0) is 6.42 Å². The van der Waals surface area contributed by atoms with E-state index in [1.807, 2.05) is 21.6 Å². The topological polar surface area (TPSA) is 29.1 Å². The molecule has 0 saturated heterocycles. The molecule has 0 aromatic carbocycles. The van der Waals surface area contributed by atoms with Crippen LogP contribution in [-0.2, 0) is 4.79 Å². The summed E-state index contributed by atoms with van der Waals surface area (Å²) in [6.07, 6.45) is 1.07. The average molecular weight is 193 g/mol. The van der Waals surface area contributed by atoms with Gasteiger partial charge in [0.05, 0.1) is 0 Å². The van der Waals surface area contributed by atoms with Crippen molar-refractivity contribution in [3.63, 3.8) is 0 Å². The molecule has 11 heavy (non-hydrogen) atoms. The summed E-state index contributed by atoms with van der Waals surface area (Å²) >= 11 is 0. The van der Waals surface area contributed by atoms with E-state index in [-0.39, 0.29) is 5.91 Å². The van der Waals surface area contributed by atoms with Crippen LogP contribution in [0, 0.1) is 0 Å². The lowest BCUT2D eigenvalue weighted by atomic mass is 10.5. The van der Waals surface area contributed by atoms with Crippen LogP contribution in [0.5, 0.6) is 0 Å². The van der Waals surface area contributed by atoms with Crippen LogP contribution in [0.2, 0.25) is 0 Å². The van der Waals surface area contributed by atoms with Crippen LogP contribution in [-0.4, -0.2) is 24.0 Å². The second-order valence-corrected chi connectivity index (χ2v) is 4.94. The molecule has 0 aromatic heterocycles. The Morgan fingerprint density at radius 2 is 2.18 bits per heavy atom. The number of hydrogen-bond acceptors (Lipinski definition) is 3. The highest BCUT2D eigenvalue weighted by Crippen LogP contribution is 2.20. The zero-order valence-electron chi connectivity index (χ0n) is 7.05. The van der Waals surface area contributed by atoms with Crippen LogP contribution >= 0.6 is 21.6 Å². The number of rotatable bonds is 6. The fourth-order valence-corrected chi connectivity index (χ4v) is 2.29. The third kappa shape index (κ3) is 10.2. The van der Waals surface area contributed by atoms with E-state index in [0.29, 0.717) is 0 Å². The lowest BCUT2D eigenvalue weighted by molar-refractivity contribution is -0.118. The van der Waals surface area contributed by atoms with Crippen LogP contribution < -0.4 is 5.32 Å². The van der Waals surface area contributed by atoms with Crippen LogP contribution in [0.25, 0.3) is 0 Å². The Hall–Kier alpha value is 0.170. The van der Waals surface area contributed by atoms with Crippen molar-refractivity contribution < 1.29 is 4.79 Å². The fourth-order valence-electron chi connectivity index (χ4n) is 0.538. The molecule has 0 aromatic rings. The summed E-state index contributed by atoms with van der Waals surface area (Å²) in [5.74, 6) is 2.35. The molecule has 4 heteroatoms. The summed E-state index contributed by atoms with van der Waals surface area (Å²) in [7, 11) is 3.74. The predicted molar refractivity (Wildman–Crippen MR) is 53.9 cm³/mol. The molecule has 1 N–H and O–H groups in total. The lowest BCUT2D eigenvalue weighted by Crippen LogP contribution is -2.21. The smallest absolute Gasteiger partial charge is 0.216 e. The standard InChI is InChI=1S/C7H15NOS2/c1-3-10-11-6-4-5-8-7(2)9/h3-6H2,1-2H3,(H,8,9). The summed E-state index contributed by atoms with van der Waals surface area (Å²) in [4.78, 5) is 10.4. The molecule has 0 saturated carbocycles. The first-order valence-electron chi connectivity index (χ1n) is 3.76. The SMILES string of the molecule is CCSSCCCNC(C)=O. The quantitative estimate of drug-likeness (QED) is 0.516. The van der Waals surface area contributed by atoms with Crippen molar-refractivity contribution in [2.45, 2.75) is 20.3 Å². The van der Waals surface area contributed by atoms with E-state index in [4.69, 9.17) is 0 Å². The number of carbonyl (C=O) groups excluding carboxylic acids is 1. The maximum atomic E-state index is 10.4. The largest absolute Gasteiger partial charge is 0.356 e. The van der Waals surface area contributed by atoms with Crippen LogP contribution in [0.15, 0.2) is 0 Å². The number of amides is 1. The van der Waals surface area contributed by atoms with E-state index >= 15 is 0 Å². The molecule has 0 radical (unpaired) electrons. The fraction of sp³-hybridized carbons (Fsp3) is 0.857. The Balaban J connectivity index is 2.85. The van der Waals surface area contributed by atoms with Crippen molar-refractivity contribution in [3.05, 3.63) is 0 Å². The molecule has 0 aliphatic heterocycles. The second-order valence-electron chi connectivity index (χ2n) is 2.07. The summed E-state index contributed by atoms with van der Waals surface area (Å²) in [5, 5.41) is 2.76. The van der Waals surface area contributed by atoms with Crippen LogP contribution in [0.1, 0.15) is 20.3 Å². The molecule has 2 nitrogen and oxygen atoms in total. The summed E-state index contributed by atoms with van der Waals surface area (Å²) < 4.78 is 0. The van der Waals surface area contributed by atoms with E-state index in [9.17, 15) is 4.79 Å². The van der Waals surface area contributed by atoms with E-state index in [1.165, 1.54) is 0 Å². The first kappa shape index (κ1) is 11.2. The van der Waals surface area contributed by atoms with Crippen molar-refractivity contribution >= 4 is 27.5 Å². The normalized spacial score (nSPS) is 9.64.